The van der Waals surface area contributed by atoms with Gasteiger partial charge in [0.15, 0.2) is 0 Å². The van der Waals surface area contributed by atoms with Crippen LogP contribution in [0.2, 0.25) is 0 Å². The normalized spacial score (nSPS) is 15.3. The number of ether oxygens (including phenoxy) is 3. The summed E-state index contributed by atoms with van der Waals surface area (Å²) in [5.41, 5.74) is 4.77. The van der Waals surface area contributed by atoms with E-state index in [4.69, 9.17) is 19.2 Å². The fraction of sp³-hybridized carbons (Fsp3) is 0.314. The average molecular weight is 551 g/mol. The van der Waals surface area contributed by atoms with Crippen LogP contribution in [0.15, 0.2) is 97.1 Å². The molecule has 6 nitrogen and oxygen atoms in total. The lowest BCUT2D eigenvalue weighted by atomic mass is 9.90. The van der Waals surface area contributed by atoms with Crippen molar-refractivity contribution in [1.29, 1.82) is 0 Å². The quantitative estimate of drug-likeness (QED) is 0.222. The minimum absolute atomic E-state index is 0.236. The number of likely N-dealkylation sites (tertiary alicyclic amines) is 1. The minimum Gasteiger partial charge on any atom is -0.473 e. The summed E-state index contributed by atoms with van der Waals surface area (Å²) in [4.78, 5) is 19.2. The van der Waals surface area contributed by atoms with Crippen molar-refractivity contribution < 1.29 is 19.0 Å². The van der Waals surface area contributed by atoms with Crippen molar-refractivity contribution in [3.8, 4) is 22.9 Å². The zero-order valence-electron chi connectivity index (χ0n) is 24.1. The van der Waals surface area contributed by atoms with Crippen LogP contribution < -0.4 is 9.47 Å². The number of rotatable bonds is 8. The molecule has 1 atom stereocenters. The molecule has 1 aliphatic heterocycles. The Morgan fingerprint density at radius 2 is 1.46 bits per heavy atom. The van der Waals surface area contributed by atoms with Crippen LogP contribution in [-0.4, -0.2) is 34.7 Å². The molecule has 212 valence electrons. The molecule has 5 rings (SSSR count). The number of amides is 1. The highest BCUT2D eigenvalue weighted by atomic mass is 16.6. The molecule has 1 saturated heterocycles. The van der Waals surface area contributed by atoms with Crippen LogP contribution in [0.5, 0.6) is 11.8 Å². The first-order chi connectivity index (χ1) is 19.8. The van der Waals surface area contributed by atoms with Crippen LogP contribution in [-0.2, 0) is 18.0 Å². The van der Waals surface area contributed by atoms with Gasteiger partial charge in [0.25, 0.3) is 0 Å². The lowest BCUT2D eigenvalue weighted by molar-refractivity contribution is 0.0198. The molecule has 2 heterocycles. The molecule has 6 heteroatoms. The molecule has 0 N–H and O–H groups in total. The summed E-state index contributed by atoms with van der Waals surface area (Å²) in [5, 5.41) is 0. The number of piperidine rings is 1. The number of pyridine rings is 1. The van der Waals surface area contributed by atoms with E-state index in [-0.39, 0.29) is 12.0 Å². The van der Waals surface area contributed by atoms with Gasteiger partial charge in [0.2, 0.25) is 11.8 Å². The molecule has 1 fully saturated rings. The minimum atomic E-state index is -0.498. The topological polar surface area (TPSA) is 60.9 Å². The Balaban J connectivity index is 1.33. The van der Waals surface area contributed by atoms with Crippen molar-refractivity contribution in [2.45, 2.75) is 58.3 Å². The Bertz CT molecular complexity index is 1420. The van der Waals surface area contributed by atoms with Crippen LogP contribution in [0.25, 0.3) is 11.1 Å². The van der Waals surface area contributed by atoms with Gasteiger partial charge in [-0.25, -0.2) is 4.79 Å². The Hall–Kier alpha value is -4.32. The third-order valence-electron chi connectivity index (χ3n) is 7.05. The molecule has 0 saturated carbocycles. The first-order valence-corrected chi connectivity index (χ1v) is 14.3. The van der Waals surface area contributed by atoms with Gasteiger partial charge < -0.3 is 19.1 Å². The van der Waals surface area contributed by atoms with E-state index in [9.17, 15) is 4.79 Å². The fourth-order valence-corrected chi connectivity index (χ4v) is 4.97. The molecule has 4 aromatic rings. The predicted molar refractivity (Wildman–Crippen MR) is 161 cm³/mol. The number of hydrogen-bond donors (Lipinski definition) is 0. The van der Waals surface area contributed by atoms with Crippen molar-refractivity contribution >= 4 is 6.09 Å². The third-order valence-corrected chi connectivity index (χ3v) is 7.05. The van der Waals surface area contributed by atoms with Crippen LogP contribution >= 0.6 is 0 Å². The zero-order valence-corrected chi connectivity index (χ0v) is 24.1. The highest BCUT2D eigenvalue weighted by molar-refractivity contribution is 5.70. The van der Waals surface area contributed by atoms with Crippen molar-refractivity contribution in [2.24, 2.45) is 0 Å². The van der Waals surface area contributed by atoms with Crippen molar-refractivity contribution in [1.82, 2.24) is 9.88 Å². The number of nitrogens with zero attached hydrogens (tertiary/aromatic N) is 2. The largest absolute Gasteiger partial charge is 0.473 e. The number of carbonyl (C=O) groups excluding carboxylic acids is 1. The predicted octanol–water partition coefficient (Wildman–Crippen LogP) is 8.02. The molecule has 0 spiro atoms. The lowest BCUT2D eigenvalue weighted by Gasteiger charge is -2.34. The van der Waals surface area contributed by atoms with E-state index in [1.54, 1.807) is 0 Å². The van der Waals surface area contributed by atoms with E-state index in [1.807, 2.05) is 98.5 Å². The number of benzene rings is 3. The Kier molecular flexibility index (Phi) is 8.88. The highest BCUT2D eigenvalue weighted by Crippen LogP contribution is 2.34. The molecule has 3 aromatic carbocycles. The maximum atomic E-state index is 12.7. The smallest absolute Gasteiger partial charge is 0.410 e. The fourth-order valence-electron chi connectivity index (χ4n) is 4.97. The summed E-state index contributed by atoms with van der Waals surface area (Å²) in [6.07, 6.45) is 1.76. The molecule has 0 bridgehead atoms. The van der Waals surface area contributed by atoms with E-state index in [2.05, 4.69) is 24.3 Å². The molecule has 0 radical (unpaired) electrons. The molecule has 1 aromatic heterocycles. The van der Waals surface area contributed by atoms with Gasteiger partial charge in [0, 0.05) is 30.6 Å². The number of aromatic nitrogens is 1. The van der Waals surface area contributed by atoms with E-state index in [0.717, 1.165) is 41.6 Å². The Labute approximate surface area is 242 Å². The average Bonchev–Trinajstić information content (AvgIpc) is 2.99. The summed E-state index contributed by atoms with van der Waals surface area (Å²) in [7, 11) is 0. The van der Waals surface area contributed by atoms with Crippen LogP contribution in [0.3, 0.4) is 0 Å². The van der Waals surface area contributed by atoms with E-state index >= 15 is 0 Å². The van der Waals surface area contributed by atoms with Gasteiger partial charge in [-0.05, 0) is 61.9 Å². The molecular weight excluding hydrogens is 512 g/mol. The number of hydrogen-bond acceptors (Lipinski definition) is 5. The maximum absolute atomic E-state index is 12.7. The maximum Gasteiger partial charge on any atom is 0.410 e. The second-order valence-corrected chi connectivity index (χ2v) is 11.4. The van der Waals surface area contributed by atoms with E-state index in [1.165, 1.54) is 5.56 Å². The zero-order chi connectivity index (χ0) is 28.7. The van der Waals surface area contributed by atoms with E-state index in [0.29, 0.717) is 31.5 Å². The van der Waals surface area contributed by atoms with Gasteiger partial charge in [0.05, 0.1) is 0 Å². The van der Waals surface area contributed by atoms with E-state index < -0.39 is 5.60 Å². The summed E-state index contributed by atoms with van der Waals surface area (Å²) in [6.45, 7) is 7.94. The summed E-state index contributed by atoms with van der Waals surface area (Å²) in [6, 6.07) is 32.5. The third kappa shape index (κ3) is 7.88. The monoisotopic (exact) mass is 550 g/mol. The van der Waals surface area contributed by atoms with Crippen LogP contribution in [0.1, 0.15) is 56.2 Å². The summed E-state index contributed by atoms with van der Waals surface area (Å²) < 4.78 is 17.9. The molecule has 1 unspecified atom stereocenters. The Morgan fingerprint density at radius 1 is 0.829 bits per heavy atom. The summed E-state index contributed by atoms with van der Waals surface area (Å²) >= 11 is 0. The lowest BCUT2D eigenvalue weighted by Crippen LogP contribution is -2.42. The van der Waals surface area contributed by atoms with Gasteiger partial charge >= 0.3 is 6.09 Å². The SMILES string of the molecule is CC(C)(C)OC(=O)N1CCCC(c2ccc(-c3ccc(OCc4ccccc4)nc3OCc3ccccc3)cc2)C1. The molecule has 0 aliphatic carbocycles. The molecule has 41 heavy (non-hydrogen) atoms. The van der Waals surface area contributed by atoms with Crippen molar-refractivity contribution in [3.05, 3.63) is 114 Å². The molecule has 1 aliphatic rings. The number of carbonyl (C=O) groups is 1. The van der Waals surface area contributed by atoms with Crippen LogP contribution in [0.4, 0.5) is 4.79 Å². The summed E-state index contributed by atoms with van der Waals surface area (Å²) in [5.74, 6) is 1.31. The highest BCUT2D eigenvalue weighted by Gasteiger charge is 2.28. The second-order valence-electron chi connectivity index (χ2n) is 11.4. The van der Waals surface area contributed by atoms with Gasteiger partial charge in [-0.1, -0.05) is 84.9 Å². The first kappa shape index (κ1) is 28.2. The van der Waals surface area contributed by atoms with Gasteiger partial charge in [0.1, 0.15) is 18.8 Å². The van der Waals surface area contributed by atoms with Gasteiger partial charge in [-0.15, -0.1) is 0 Å². The second kappa shape index (κ2) is 12.9. The van der Waals surface area contributed by atoms with Crippen molar-refractivity contribution in [3.63, 3.8) is 0 Å². The standard InChI is InChI=1S/C35H38N2O4/c1-35(2,3)41-34(38)37-22-10-15-30(23-37)28-16-18-29(19-17-28)31-20-21-32(39-24-26-11-6-4-7-12-26)36-33(31)40-25-27-13-8-5-9-14-27/h4-9,11-14,16-21,30H,10,15,22-25H2,1-3H3. The molecule has 1 amide bonds. The van der Waals surface area contributed by atoms with Gasteiger partial charge in [-0.2, -0.15) is 4.98 Å². The molecular formula is C35H38N2O4. The van der Waals surface area contributed by atoms with Crippen LogP contribution in [0, 0.1) is 0 Å². The van der Waals surface area contributed by atoms with Crippen molar-refractivity contribution in [2.75, 3.05) is 13.1 Å². The van der Waals surface area contributed by atoms with Gasteiger partial charge in [-0.3, -0.25) is 0 Å². The first-order valence-electron chi connectivity index (χ1n) is 14.3. The Morgan fingerprint density at radius 3 is 2.10 bits per heavy atom.